The van der Waals surface area contributed by atoms with E-state index in [9.17, 15) is 4.79 Å². The van der Waals surface area contributed by atoms with Crippen LogP contribution in [0, 0.1) is 0 Å². The predicted molar refractivity (Wildman–Crippen MR) is 47.4 cm³/mol. The first-order valence-corrected chi connectivity index (χ1v) is 4.00. The third-order valence-electron chi connectivity index (χ3n) is 1.25. The van der Waals surface area contributed by atoms with Crippen LogP contribution in [0.2, 0.25) is 0 Å². The smallest absolute Gasteiger partial charge is 0.221 e. The molecule has 4 nitrogen and oxygen atoms in total. The van der Waals surface area contributed by atoms with Crippen LogP contribution in [0.5, 0.6) is 0 Å². The van der Waals surface area contributed by atoms with Crippen LogP contribution >= 0.6 is 0 Å². The minimum absolute atomic E-state index is 0.00361. The van der Waals surface area contributed by atoms with Crippen LogP contribution in [0.1, 0.15) is 12.8 Å². The number of nitrogens with two attached hydrogens (primary N) is 1. The molecule has 0 heterocycles. The zero-order valence-electron chi connectivity index (χ0n) is 7.21. The minimum atomic E-state index is -0.00361. The highest BCUT2D eigenvalue weighted by atomic mass is 16.5. The Labute approximate surface area is 72.8 Å². The first-order valence-electron chi connectivity index (χ1n) is 4.00. The molecular weight excluding hydrogens is 156 g/mol. The highest BCUT2D eigenvalue weighted by Gasteiger charge is 1.96. The molecule has 12 heavy (non-hydrogen) atoms. The quantitative estimate of drug-likeness (QED) is 0.419. The maximum Gasteiger partial charge on any atom is 0.221 e. The van der Waals surface area contributed by atoms with E-state index in [2.05, 4.69) is 11.9 Å². The number of carbonyl (C=O) groups excluding carboxylic acids is 1. The minimum Gasteiger partial charge on any atom is -0.502 e. The molecule has 0 aromatic heterocycles. The normalized spacial score (nSPS) is 9.08. The summed E-state index contributed by atoms with van der Waals surface area (Å²) >= 11 is 0. The number of hydrogen-bond acceptors (Lipinski definition) is 3. The van der Waals surface area contributed by atoms with Gasteiger partial charge in [-0.2, -0.15) is 0 Å². The fourth-order valence-corrected chi connectivity index (χ4v) is 0.686. The summed E-state index contributed by atoms with van der Waals surface area (Å²) in [5.74, 6) is -0.00361. The van der Waals surface area contributed by atoms with Crippen molar-refractivity contribution in [1.29, 1.82) is 0 Å². The van der Waals surface area contributed by atoms with Gasteiger partial charge in [-0.1, -0.05) is 6.58 Å². The van der Waals surface area contributed by atoms with Crippen molar-refractivity contribution in [3.63, 3.8) is 0 Å². The van der Waals surface area contributed by atoms with Crippen LogP contribution in [0.3, 0.4) is 0 Å². The third-order valence-corrected chi connectivity index (χ3v) is 1.25. The van der Waals surface area contributed by atoms with E-state index in [0.717, 1.165) is 6.42 Å². The van der Waals surface area contributed by atoms with E-state index >= 15 is 0 Å². The molecule has 0 unspecified atom stereocenters. The number of amides is 1. The van der Waals surface area contributed by atoms with Gasteiger partial charge in [-0.05, 0) is 6.42 Å². The number of nitrogens with one attached hydrogen (secondary N) is 1. The van der Waals surface area contributed by atoms with Crippen LogP contribution in [0.4, 0.5) is 0 Å². The van der Waals surface area contributed by atoms with Crippen LogP contribution in [0.25, 0.3) is 0 Å². The average molecular weight is 172 g/mol. The second-order valence-electron chi connectivity index (χ2n) is 2.28. The summed E-state index contributed by atoms with van der Waals surface area (Å²) in [5.41, 5.74) is 5.18. The van der Waals surface area contributed by atoms with E-state index in [-0.39, 0.29) is 5.91 Å². The fraction of sp³-hybridized carbons (Fsp3) is 0.625. The first kappa shape index (κ1) is 11.0. The van der Waals surface area contributed by atoms with Crippen molar-refractivity contribution in [2.24, 2.45) is 5.73 Å². The number of ether oxygens (including phenoxy) is 1. The lowest BCUT2D eigenvalue weighted by molar-refractivity contribution is -0.120. The van der Waals surface area contributed by atoms with E-state index < -0.39 is 0 Å². The highest BCUT2D eigenvalue weighted by Crippen LogP contribution is 1.81. The summed E-state index contributed by atoms with van der Waals surface area (Å²) in [6.45, 7) is 5.02. The van der Waals surface area contributed by atoms with Crippen LogP contribution < -0.4 is 11.1 Å². The molecule has 0 atom stereocenters. The highest BCUT2D eigenvalue weighted by molar-refractivity contribution is 5.75. The van der Waals surface area contributed by atoms with Crippen molar-refractivity contribution in [3.8, 4) is 0 Å². The van der Waals surface area contributed by atoms with E-state index in [0.29, 0.717) is 26.1 Å². The van der Waals surface area contributed by atoms with Crippen molar-refractivity contribution >= 4 is 5.91 Å². The molecule has 0 aliphatic heterocycles. The molecule has 0 radical (unpaired) electrons. The Morgan fingerprint density at radius 1 is 1.67 bits per heavy atom. The largest absolute Gasteiger partial charge is 0.502 e. The van der Waals surface area contributed by atoms with Gasteiger partial charge in [0.25, 0.3) is 0 Å². The fourth-order valence-electron chi connectivity index (χ4n) is 0.686. The topological polar surface area (TPSA) is 64.3 Å². The van der Waals surface area contributed by atoms with Crippen molar-refractivity contribution < 1.29 is 9.53 Å². The van der Waals surface area contributed by atoms with E-state index in [1.54, 1.807) is 0 Å². The Morgan fingerprint density at radius 3 is 3.00 bits per heavy atom. The summed E-state index contributed by atoms with van der Waals surface area (Å²) in [6, 6.07) is 0. The molecular formula is C8H16N2O2. The summed E-state index contributed by atoms with van der Waals surface area (Å²) in [4.78, 5) is 10.8. The van der Waals surface area contributed by atoms with Gasteiger partial charge in [0.2, 0.25) is 5.91 Å². The number of carbonyl (C=O) groups is 1. The molecule has 0 saturated carbocycles. The monoisotopic (exact) mass is 172 g/mol. The third kappa shape index (κ3) is 7.08. The molecule has 0 aromatic carbocycles. The molecule has 0 bridgehead atoms. The second kappa shape index (κ2) is 8.07. The zero-order valence-corrected chi connectivity index (χ0v) is 7.21. The number of rotatable bonds is 7. The Bertz CT molecular complexity index is 137. The zero-order chi connectivity index (χ0) is 9.23. The molecule has 1 amide bonds. The molecule has 0 rings (SSSR count). The lowest BCUT2D eigenvalue weighted by atomic mass is 10.4. The Hall–Kier alpha value is -1.03. The van der Waals surface area contributed by atoms with Gasteiger partial charge in [-0.25, -0.2) is 0 Å². The van der Waals surface area contributed by atoms with Gasteiger partial charge < -0.3 is 15.8 Å². The molecule has 3 N–H and O–H groups in total. The molecule has 4 heteroatoms. The van der Waals surface area contributed by atoms with Gasteiger partial charge in [0, 0.05) is 19.5 Å². The Kier molecular flexibility index (Phi) is 7.38. The van der Waals surface area contributed by atoms with Crippen LogP contribution in [-0.2, 0) is 9.53 Å². The molecule has 0 saturated heterocycles. The van der Waals surface area contributed by atoms with Crippen molar-refractivity contribution in [2.45, 2.75) is 12.8 Å². The van der Waals surface area contributed by atoms with Crippen molar-refractivity contribution in [1.82, 2.24) is 5.32 Å². The van der Waals surface area contributed by atoms with Crippen molar-refractivity contribution in [2.75, 3.05) is 19.7 Å². The molecule has 0 aromatic rings. The molecule has 0 aliphatic rings. The van der Waals surface area contributed by atoms with Crippen LogP contribution in [0.15, 0.2) is 12.8 Å². The first-order chi connectivity index (χ1) is 5.81. The van der Waals surface area contributed by atoms with Gasteiger partial charge in [-0.15, -0.1) is 0 Å². The Morgan fingerprint density at radius 2 is 2.42 bits per heavy atom. The second-order valence-corrected chi connectivity index (χ2v) is 2.28. The predicted octanol–water partition coefficient (Wildman–Crippen LogP) is 0.00160. The van der Waals surface area contributed by atoms with Gasteiger partial charge >= 0.3 is 0 Å². The maximum atomic E-state index is 10.8. The summed E-state index contributed by atoms with van der Waals surface area (Å²) < 4.78 is 4.86. The van der Waals surface area contributed by atoms with E-state index in [1.807, 2.05) is 0 Å². The van der Waals surface area contributed by atoms with E-state index in [4.69, 9.17) is 10.5 Å². The van der Waals surface area contributed by atoms with Gasteiger partial charge in [0.05, 0.1) is 12.9 Å². The van der Waals surface area contributed by atoms with Gasteiger partial charge in [-0.3, -0.25) is 4.79 Å². The van der Waals surface area contributed by atoms with E-state index in [1.165, 1.54) is 6.26 Å². The number of hydrogen-bond donors (Lipinski definition) is 2. The lowest BCUT2D eigenvalue weighted by Gasteiger charge is -2.03. The SMILES string of the molecule is C=COCCCNC(=O)CCN. The molecule has 0 fully saturated rings. The van der Waals surface area contributed by atoms with Gasteiger partial charge in [0.15, 0.2) is 0 Å². The summed E-state index contributed by atoms with van der Waals surface area (Å²) in [7, 11) is 0. The Balaban J connectivity index is 3.08. The lowest BCUT2D eigenvalue weighted by Crippen LogP contribution is -2.26. The molecule has 0 aliphatic carbocycles. The van der Waals surface area contributed by atoms with Crippen molar-refractivity contribution in [3.05, 3.63) is 12.8 Å². The summed E-state index contributed by atoms with van der Waals surface area (Å²) in [6.07, 6.45) is 2.58. The van der Waals surface area contributed by atoms with Gasteiger partial charge in [0.1, 0.15) is 0 Å². The van der Waals surface area contributed by atoms with Crippen LogP contribution in [-0.4, -0.2) is 25.6 Å². The summed E-state index contributed by atoms with van der Waals surface area (Å²) in [5, 5.41) is 2.71. The standard InChI is InChI=1S/C8H16N2O2/c1-2-12-7-3-6-10-8(11)4-5-9/h2H,1,3-7,9H2,(H,10,11). The molecule has 70 valence electrons. The molecule has 0 spiro atoms. The average Bonchev–Trinajstić information content (AvgIpc) is 2.05. The maximum absolute atomic E-state index is 10.8.